The zero-order valence-corrected chi connectivity index (χ0v) is 27.1. The average molecular weight is 549 g/mol. The van der Waals surface area contributed by atoms with Crippen molar-refractivity contribution in [2.45, 2.75) is 175 Å². The summed E-state index contributed by atoms with van der Waals surface area (Å²) in [5.41, 5.74) is 1.14. The molecule has 228 valence electrons. The molecule has 0 heterocycles. The molecule has 1 rings (SSSR count). The Morgan fingerprint density at radius 2 is 0.974 bits per heavy atom. The first-order valence-electron chi connectivity index (χ1n) is 16.1. The van der Waals surface area contributed by atoms with Gasteiger partial charge in [-0.15, -0.1) is 0 Å². The van der Waals surface area contributed by atoms with Gasteiger partial charge in [0.2, 0.25) is 0 Å². The Morgan fingerprint density at radius 3 is 1.26 bits per heavy atom. The normalized spacial score (nSPS) is 11.7. The second-order valence-corrected chi connectivity index (χ2v) is 13.2. The van der Waals surface area contributed by atoms with Crippen molar-refractivity contribution in [3.05, 3.63) is 23.3 Å². The Kier molecular flexibility index (Phi) is 20.4. The van der Waals surface area contributed by atoms with Crippen molar-refractivity contribution in [2.75, 3.05) is 6.61 Å². The second-order valence-electron chi connectivity index (χ2n) is 13.2. The number of unbranched alkanes of at least 4 members (excludes halogenated alkanes) is 15. The smallest absolute Gasteiger partial charge is 0.310 e. The van der Waals surface area contributed by atoms with Crippen molar-refractivity contribution in [3.63, 3.8) is 0 Å². The Hall–Kier alpha value is -1.55. The predicted molar refractivity (Wildman–Crippen MR) is 168 cm³/mol. The van der Waals surface area contributed by atoms with Crippen LogP contribution in [0.3, 0.4) is 0 Å². The van der Waals surface area contributed by atoms with E-state index < -0.39 is 0 Å². The molecule has 0 aliphatic carbocycles. The summed E-state index contributed by atoms with van der Waals surface area (Å²) in [6.07, 6.45) is 22.5. The molecule has 0 radical (unpaired) electrons. The number of ether oxygens (including phenoxy) is 1. The summed E-state index contributed by atoms with van der Waals surface area (Å²) in [6.45, 7) is 16.6. The summed E-state index contributed by atoms with van der Waals surface area (Å²) in [4.78, 5) is 11.5. The number of aromatic hydroxyl groups is 1. The summed E-state index contributed by atoms with van der Waals surface area (Å²) in [7, 11) is 0. The van der Waals surface area contributed by atoms with Crippen molar-refractivity contribution in [2.24, 2.45) is 0 Å². The maximum Gasteiger partial charge on any atom is 0.310 e. The molecule has 4 heteroatoms. The molecule has 2 N–H and O–H groups in total. The Morgan fingerprint density at radius 1 is 0.641 bits per heavy atom. The molecular weight excluding hydrogens is 484 g/mol. The van der Waals surface area contributed by atoms with Gasteiger partial charge in [0.1, 0.15) is 11.5 Å². The summed E-state index contributed by atoms with van der Waals surface area (Å²) in [5, 5.41) is 19.2. The second kappa shape index (κ2) is 21.2. The first-order chi connectivity index (χ1) is 18.4. The van der Waals surface area contributed by atoms with E-state index in [2.05, 4.69) is 6.92 Å². The lowest BCUT2D eigenvalue weighted by molar-refractivity contribution is -0.134. The zero-order chi connectivity index (χ0) is 29.7. The van der Waals surface area contributed by atoms with E-state index in [1.165, 1.54) is 96.3 Å². The topological polar surface area (TPSA) is 66.8 Å². The van der Waals surface area contributed by atoms with Crippen LogP contribution in [0.15, 0.2) is 12.1 Å². The van der Waals surface area contributed by atoms with Crippen LogP contribution < -0.4 is 4.74 Å². The molecule has 0 unspecified atom stereocenters. The van der Waals surface area contributed by atoms with Gasteiger partial charge in [0.05, 0.1) is 0 Å². The highest BCUT2D eigenvalue weighted by Crippen LogP contribution is 2.41. The van der Waals surface area contributed by atoms with Crippen molar-refractivity contribution in [1.82, 2.24) is 0 Å². The number of hydrogen-bond donors (Lipinski definition) is 2. The highest BCUT2D eigenvalue weighted by Gasteiger charge is 2.27. The number of phenolic OH excluding ortho intramolecular Hbond substituents is 1. The maximum atomic E-state index is 11.5. The Labute approximate surface area is 242 Å². The minimum Gasteiger partial charge on any atom is -0.507 e. The van der Waals surface area contributed by atoms with Gasteiger partial charge in [0, 0.05) is 24.2 Å². The van der Waals surface area contributed by atoms with E-state index in [-0.39, 0.29) is 16.8 Å². The fourth-order valence-corrected chi connectivity index (χ4v) is 4.67. The molecular formula is C35H64O4. The molecule has 0 amide bonds. The number of hydrogen-bond acceptors (Lipinski definition) is 4. The minimum absolute atomic E-state index is 0.223. The van der Waals surface area contributed by atoms with Crippen LogP contribution in [0.4, 0.5) is 0 Å². The van der Waals surface area contributed by atoms with Crippen LogP contribution in [-0.2, 0) is 15.6 Å². The van der Waals surface area contributed by atoms with Crippen LogP contribution in [0.1, 0.15) is 176 Å². The van der Waals surface area contributed by atoms with Crippen LogP contribution >= 0.6 is 0 Å². The third kappa shape index (κ3) is 18.4. The zero-order valence-electron chi connectivity index (χ0n) is 27.1. The van der Waals surface area contributed by atoms with Crippen LogP contribution in [0.25, 0.3) is 0 Å². The molecule has 0 spiro atoms. The van der Waals surface area contributed by atoms with Crippen molar-refractivity contribution >= 4 is 5.97 Å². The van der Waals surface area contributed by atoms with E-state index in [4.69, 9.17) is 9.84 Å². The quantitative estimate of drug-likeness (QED) is 0.109. The van der Waals surface area contributed by atoms with Crippen molar-refractivity contribution in [3.8, 4) is 11.5 Å². The van der Waals surface area contributed by atoms with E-state index in [0.29, 0.717) is 24.5 Å². The molecule has 0 aliphatic rings. The minimum atomic E-state index is -0.268. The molecule has 0 atom stereocenters. The molecule has 0 aliphatic heterocycles. The van der Waals surface area contributed by atoms with Gasteiger partial charge in [-0.05, 0) is 29.4 Å². The highest BCUT2D eigenvalue weighted by atomic mass is 16.5. The fourth-order valence-electron chi connectivity index (χ4n) is 4.67. The third-order valence-electron chi connectivity index (χ3n) is 7.23. The number of carbonyl (C=O) groups excluding carboxylic acids is 1. The van der Waals surface area contributed by atoms with Gasteiger partial charge in [-0.1, -0.05) is 152 Å². The first kappa shape index (κ1) is 37.5. The molecule has 0 aromatic heterocycles. The van der Waals surface area contributed by atoms with Gasteiger partial charge in [0.25, 0.3) is 0 Å². The highest BCUT2D eigenvalue weighted by molar-refractivity contribution is 5.72. The summed E-state index contributed by atoms with van der Waals surface area (Å²) in [5.74, 6) is 0.529. The first-order valence-corrected chi connectivity index (χ1v) is 16.1. The van der Waals surface area contributed by atoms with Crippen LogP contribution in [-0.4, -0.2) is 22.8 Å². The lowest BCUT2D eigenvalue weighted by atomic mass is 9.79. The Bertz CT molecular complexity index is 704. The van der Waals surface area contributed by atoms with Gasteiger partial charge in [-0.2, -0.15) is 0 Å². The Balaban J connectivity index is 0.000000742. The van der Waals surface area contributed by atoms with E-state index in [9.17, 15) is 9.90 Å². The van der Waals surface area contributed by atoms with Crippen LogP contribution in [0.5, 0.6) is 11.5 Å². The SMILES string of the molecule is CCC(=O)Oc1cc(C(C)(C)C)c(O)c(C(C)(C)C)c1.CCCCCCCCCCCCCCCCCCO. The number of aliphatic hydroxyl groups excluding tert-OH is 1. The van der Waals surface area contributed by atoms with E-state index in [1.807, 2.05) is 41.5 Å². The number of phenols is 1. The largest absolute Gasteiger partial charge is 0.507 e. The molecule has 39 heavy (non-hydrogen) atoms. The molecule has 1 aromatic rings. The summed E-state index contributed by atoms with van der Waals surface area (Å²) in [6, 6.07) is 3.52. The molecule has 0 fully saturated rings. The average Bonchev–Trinajstić information content (AvgIpc) is 2.86. The molecule has 0 saturated carbocycles. The predicted octanol–water partition coefficient (Wildman–Crippen LogP) is 10.5. The van der Waals surface area contributed by atoms with Gasteiger partial charge >= 0.3 is 5.97 Å². The van der Waals surface area contributed by atoms with E-state index in [0.717, 1.165) is 17.5 Å². The van der Waals surface area contributed by atoms with Gasteiger partial charge in [-0.25, -0.2) is 0 Å². The number of carbonyl (C=O) groups is 1. The molecule has 1 aromatic carbocycles. The lowest BCUT2D eigenvalue weighted by Crippen LogP contribution is -2.18. The van der Waals surface area contributed by atoms with Crippen molar-refractivity contribution in [1.29, 1.82) is 0 Å². The van der Waals surface area contributed by atoms with E-state index in [1.54, 1.807) is 19.1 Å². The number of aliphatic hydroxyl groups is 1. The molecule has 4 nitrogen and oxygen atoms in total. The van der Waals surface area contributed by atoms with E-state index >= 15 is 0 Å². The standard InChI is InChI=1S/C18H38O.C17H26O3/c1-2-3-4-5-6-7-8-9-10-11-12-13-14-15-16-17-18-19;1-8-14(18)20-11-9-12(16(2,3)4)15(19)13(10-11)17(5,6)7/h19H,2-18H2,1H3;9-10,19H,8H2,1-7H3. The third-order valence-corrected chi connectivity index (χ3v) is 7.23. The molecule has 0 saturated heterocycles. The lowest BCUT2D eigenvalue weighted by Gasteiger charge is -2.27. The summed E-state index contributed by atoms with van der Waals surface area (Å²) >= 11 is 0. The molecule has 0 bridgehead atoms. The van der Waals surface area contributed by atoms with Gasteiger partial charge in [-0.3, -0.25) is 4.79 Å². The maximum absolute atomic E-state index is 11.5. The monoisotopic (exact) mass is 548 g/mol. The van der Waals surface area contributed by atoms with Gasteiger partial charge < -0.3 is 14.9 Å². The van der Waals surface area contributed by atoms with Crippen molar-refractivity contribution < 1.29 is 19.7 Å². The fraction of sp³-hybridized carbons (Fsp3) is 0.800. The van der Waals surface area contributed by atoms with Crippen LogP contribution in [0.2, 0.25) is 0 Å². The van der Waals surface area contributed by atoms with Crippen LogP contribution in [0, 0.1) is 0 Å². The summed E-state index contributed by atoms with van der Waals surface area (Å²) < 4.78 is 5.34. The number of benzene rings is 1. The van der Waals surface area contributed by atoms with Gasteiger partial charge in [0.15, 0.2) is 0 Å². The number of rotatable bonds is 18. The number of esters is 1.